The Kier molecular flexibility index (Phi) is 5.64. The highest BCUT2D eigenvalue weighted by molar-refractivity contribution is 7.89. The number of hydrogen-bond donors (Lipinski definition) is 1. The number of rotatable bonds is 5. The maximum atomic E-state index is 13.1. The van der Waals surface area contributed by atoms with Gasteiger partial charge in [0.1, 0.15) is 0 Å². The number of aromatic nitrogens is 2. The van der Waals surface area contributed by atoms with Crippen LogP contribution in [-0.2, 0) is 21.8 Å². The number of sulfonamides is 1. The van der Waals surface area contributed by atoms with Crippen molar-refractivity contribution in [2.45, 2.75) is 23.9 Å². The molecule has 3 unspecified atom stereocenters. The molecular formula is C19H25ClN4O3S. The van der Waals surface area contributed by atoms with E-state index in [1.165, 1.54) is 6.33 Å². The van der Waals surface area contributed by atoms with Crippen molar-refractivity contribution in [3.63, 3.8) is 0 Å². The van der Waals surface area contributed by atoms with Gasteiger partial charge in [-0.2, -0.15) is 4.31 Å². The number of ether oxygens (including phenoxy) is 1. The van der Waals surface area contributed by atoms with Gasteiger partial charge in [0.25, 0.3) is 10.0 Å². The summed E-state index contributed by atoms with van der Waals surface area (Å²) in [4.78, 5) is 4.06. The molecule has 1 N–H and O–H groups in total. The maximum Gasteiger partial charge on any atom is 0.262 e. The van der Waals surface area contributed by atoms with Crippen LogP contribution in [0.25, 0.3) is 0 Å². The van der Waals surface area contributed by atoms with Crippen LogP contribution in [0.3, 0.4) is 0 Å². The van der Waals surface area contributed by atoms with Crippen LogP contribution in [0, 0.1) is 11.8 Å². The van der Waals surface area contributed by atoms with Crippen molar-refractivity contribution >= 4 is 27.3 Å². The molecule has 3 heterocycles. The normalized spacial score (nSPS) is 26.4. The number of imidazole rings is 1. The van der Waals surface area contributed by atoms with Crippen LogP contribution < -0.4 is 5.32 Å². The molecule has 2 aromatic rings. The third-order valence-corrected chi connectivity index (χ3v) is 7.55. The molecule has 2 aliphatic heterocycles. The Morgan fingerprint density at radius 2 is 2.18 bits per heavy atom. The van der Waals surface area contributed by atoms with E-state index in [-0.39, 0.29) is 17.0 Å². The Balaban J connectivity index is 1.59. The highest BCUT2D eigenvalue weighted by Gasteiger charge is 2.43. The molecule has 0 bridgehead atoms. The minimum Gasteiger partial charge on any atom is -0.381 e. The molecule has 4 rings (SSSR count). The smallest absolute Gasteiger partial charge is 0.262 e. The minimum atomic E-state index is -3.63. The molecule has 0 amide bonds. The van der Waals surface area contributed by atoms with Crippen molar-refractivity contribution in [3.8, 4) is 0 Å². The maximum absolute atomic E-state index is 13.1. The van der Waals surface area contributed by atoms with Crippen molar-refractivity contribution < 1.29 is 13.2 Å². The van der Waals surface area contributed by atoms with Gasteiger partial charge in [0.2, 0.25) is 0 Å². The molecule has 152 valence electrons. The van der Waals surface area contributed by atoms with Gasteiger partial charge in [0, 0.05) is 56.3 Å². The fourth-order valence-electron chi connectivity index (χ4n) is 4.17. The van der Waals surface area contributed by atoms with Crippen LogP contribution in [0.4, 0.5) is 5.69 Å². The molecule has 28 heavy (non-hydrogen) atoms. The summed E-state index contributed by atoms with van der Waals surface area (Å²) in [6.07, 6.45) is 5.12. The van der Waals surface area contributed by atoms with E-state index in [0.717, 1.165) is 25.1 Å². The third-order valence-electron chi connectivity index (χ3n) is 5.59. The van der Waals surface area contributed by atoms with E-state index in [0.29, 0.717) is 30.6 Å². The Morgan fingerprint density at radius 1 is 1.32 bits per heavy atom. The second-order valence-corrected chi connectivity index (χ2v) is 9.92. The van der Waals surface area contributed by atoms with Crippen LogP contribution in [0.5, 0.6) is 0 Å². The van der Waals surface area contributed by atoms with Gasteiger partial charge in [-0.05, 0) is 42.9 Å². The molecule has 2 fully saturated rings. The number of halogens is 1. The predicted octanol–water partition coefficient (Wildman–Crippen LogP) is 2.60. The molecular weight excluding hydrogens is 400 g/mol. The summed E-state index contributed by atoms with van der Waals surface area (Å²) in [5, 5.41) is 4.26. The first-order chi connectivity index (χ1) is 13.4. The van der Waals surface area contributed by atoms with Crippen molar-refractivity contribution in [1.29, 1.82) is 0 Å². The molecule has 7 nitrogen and oxygen atoms in total. The Bertz CT molecular complexity index is 927. The van der Waals surface area contributed by atoms with Gasteiger partial charge < -0.3 is 14.6 Å². The number of nitrogens with one attached hydrogen (secondary N) is 1. The van der Waals surface area contributed by atoms with Crippen molar-refractivity contribution in [2.24, 2.45) is 18.9 Å². The highest BCUT2D eigenvalue weighted by Crippen LogP contribution is 2.34. The SMILES string of the molecule is Cn1cnc(S(=O)(=O)N2CC(Nc3cccc(Cl)c3)C(C3CCCOC3)C2)c1. The minimum absolute atomic E-state index is 0.0105. The molecule has 1 aromatic carbocycles. The Hall–Kier alpha value is -1.61. The van der Waals surface area contributed by atoms with Crippen LogP contribution in [0.1, 0.15) is 12.8 Å². The zero-order valence-electron chi connectivity index (χ0n) is 15.8. The number of nitrogens with zero attached hydrogens (tertiary/aromatic N) is 3. The molecule has 0 saturated carbocycles. The fourth-order valence-corrected chi connectivity index (χ4v) is 5.83. The van der Waals surface area contributed by atoms with Crippen LogP contribution in [-0.4, -0.2) is 54.6 Å². The zero-order valence-corrected chi connectivity index (χ0v) is 17.4. The van der Waals surface area contributed by atoms with Gasteiger partial charge in [-0.15, -0.1) is 0 Å². The second kappa shape index (κ2) is 8.02. The lowest BCUT2D eigenvalue weighted by molar-refractivity contribution is 0.0317. The van der Waals surface area contributed by atoms with Gasteiger partial charge in [-0.3, -0.25) is 0 Å². The molecule has 0 radical (unpaired) electrons. The fraction of sp³-hybridized carbons (Fsp3) is 0.526. The molecule has 0 aliphatic carbocycles. The lowest BCUT2D eigenvalue weighted by Gasteiger charge is -2.31. The molecule has 9 heteroatoms. The summed E-state index contributed by atoms with van der Waals surface area (Å²) in [5.74, 6) is 0.493. The van der Waals surface area contributed by atoms with Gasteiger partial charge in [-0.1, -0.05) is 17.7 Å². The molecule has 2 aliphatic rings. The summed E-state index contributed by atoms with van der Waals surface area (Å²) in [6.45, 7) is 2.32. The number of anilines is 1. The van der Waals surface area contributed by atoms with Gasteiger partial charge in [-0.25, -0.2) is 13.4 Å². The standard InChI is InChI=1S/C19H25ClN4O3S/c1-23-11-19(21-13-23)28(25,26)24-9-17(14-4-3-7-27-12-14)18(10-24)22-16-6-2-5-15(20)8-16/h2,5-6,8,11,13-14,17-18,22H,3-4,7,9-10,12H2,1H3. The van der Waals surface area contributed by atoms with Crippen LogP contribution >= 0.6 is 11.6 Å². The van der Waals surface area contributed by atoms with E-state index >= 15 is 0 Å². The molecule has 3 atom stereocenters. The highest BCUT2D eigenvalue weighted by atomic mass is 35.5. The second-order valence-electron chi connectivity index (χ2n) is 7.60. The van der Waals surface area contributed by atoms with Crippen molar-refractivity contribution in [2.75, 3.05) is 31.6 Å². The van der Waals surface area contributed by atoms with Crippen molar-refractivity contribution in [3.05, 3.63) is 41.8 Å². The van der Waals surface area contributed by atoms with E-state index in [2.05, 4.69) is 10.3 Å². The van der Waals surface area contributed by atoms with E-state index in [4.69, 9.17) is 16.3 Å². The first-order valence-corrected chi connectivity index (χ1v) is 11.3. The Morgan fingerprint density at radius 3 is 2.86 bits per heavy atom. The summed E-state index contributed by atoms with van der Waals surface area (Å²) in [6, 6.07) is 7.53. The van der Waals surface area contributed by atoms with Crippen LogP contribution in [0.15, 0.2) is 41.8 Å². The monoisotopic (exact) mass is 424 g/mol. The predicted molar refractivity (Wildman–Crippen MR) is 108 cm³/mol. The van der Waals surface area contributed by atoms with Gasteiger partial charge in [0.15, 0.2) is 5.03 Å². The number of hydrogen-bond acceptors (Lipinski definition) is 5. The lowest BCUT2D eigenvalue weighted by Crippen LogP contribution is -2.36. The number of benzene rings is 1. The first-order valence-electron chi connectivity index (χ1n) is 9.51. The topological polar surface area (TPSA) is 76.5 Å². The van der Waals surface area contributed by atoms with Crippen molar-refractivity contribution in [1.82, 2.24) is 13.9 Å². The summed E-state index contributed by atoms with van der Waals surface area (Å²) in [7, 11) is -1.86. The average molecular weight is 425 g/mol. The third kappa shape index (κ3) is 4.05. The van der Waals surface area contributed by atoms with E-state index < -0.39 is 10.0 Å². The largest absolute Gasteiger partial charge is 0.381 e. The first kappa shape index (κ1) is 19.7. The van der Waals surface area contributed by atoms with Gasteiger partial charge in [0.05, 0.1) is 6.33 Å². The lowest BCUT2D eigenvalue weighted by atomic mass is 9.84. The van der Waals surface area contributed by atoms with E-state index in [9.17, 15) is 8.42 Å². The quantitative estimate of drug-likeness (QED) is 0.798. The summed E-state index contributed by atoms with van der Waals surface area (Å²) < 4.78 is 35.1. The van der Waals surface area contributed by atoms with E-state index in [1.807, 2.05) is 24.3 Å². The van der Waals surface area contributed by atoms with Gasteiger partial charge >= 0.3 is 0 Å². The van der Waals surface area contributed by atoms with E-state index in [1.54, 1.807) is 22.1 Å². The van der Waals surface area contributed by atoms with Crippen LogP contribution in [0.2, 0.25) is 5.02 Å². The number of aryl methyl sites for hydroxylation is 1. The zero-order chi connectivity index (χ0) is 19.7. The molecule has 0 spiro atoms. The summed E-state index contributed by atoms with van der Waals surface area (Å²) in [5.41, 5.74) is 0.899. The average Bonchev–Trinajstić information content (AvgIpc) is 3.30. The summed E-state index contributed by atoms with van der Waals surface area (Å²) >= 11 is 6.12. The molecule has 1 aromatic heterocycles. The molecule has 2 saturated heterocycles. The Labute approximate surface area is 170 Å².